The summed E-state index contributed by atoms with van der Waals surface area (Å²) < 4.78 is 1.04. The molecular weight excluding hydrogens is 318 g/mol. The fourth-order valence-electron chi connectivity index (χ4n) is 2.50. The van der Waals surface area contributed by atoms with Crippen LogP contribution in [0.2, 0.25) is 0 Å². The van der Waals surface area contributed by atoms with Crippen molar-refractivity contribution >= 4 is 27.5 Å². The smallest absolute Gasteiger partial charge is 0.244 e. The predicted octanol–water partition coefficient (Wildman–Crippen LogP) is 2.75. The number of hydrogen-bond acceptors (Lipinski definition) is 3. The maximum absolute atomic E-state index is 12.2. The summed E-state index contributed by atoms with van der Waals surface area (Å²) in [5.41, 5.74) is 1.79. The van der Waals surface area contributed by atoms with Crippen molar-refractivity contribution in [3.8, 4) is 6.07 Å². The first kappa shape index (κ1) is 14.9. The van der Waals surface area contributed by atoms with Crippen LogP contribution in [0.1, 0.15) is 25.8 Å². The summed E-state index contributed by atoms with van der Waals surface area (Å²) in [6.07, 6.45) is 0.191. The Balaban J connectivity index is 2.40. The number of nitrogens with zero attached hydrogens (tertiary/aromatic N) is 2. The molecule has 1 amide bonds. The van der Waals surface area contributed by atoms with Crippen molar-refractivity contribution in [3.63, 3.8) is 0 Å². The van der Waals surface area contributed by atoms with Gasteiger partial charge in [0, 0.05) is 16.7 Å². The van der Waals surface area contributed by atoms with Crippen molar-refractivity contribution in [2.24, 2.45) is 0 Å². The van der Waals surface area contributed by atoms with E-state index in [0.29, 0.717) is 6.54 Å². The van der Waals surface area contributed by atoms with Crippen LogP contribution in [0.5, 0.6) is 0 Å². The first-order valence-corrected chi connectivity index (χ1v) is 7.35. The Hall–Kier alpha value is -1.54. The molecule has 106 valence electrons. The molecule has 0 aromatic heterocycles. The maximum Gasteiger partial charge on any atom is 0.244 e. The van der Waals surface area contributed by atoms with E-state index in [2.05, 4.69) is 27.3 Å². The van der Waals surface area contributed by atoms with Gasteiger partial charge in [0.15, 0.2) is 0 Å². The zero-order chi connectivity index (χ0) is 14.9. The molecule has 0 saturated carbocycles. The van der Waals surface area contributed by atoms with Gasteiger partial charge in [0.25, 0.3) is 0 Å². The largest absolute Gasteiger partial charge is 0.356 e. The van der Waals surface area contributed by atoms with Crippen molar-refractivity contribution in [2.75, 3.05) is 11.4 Å². The van der Waals surface area contributed by atoms with Gasteiger partial charge < -0.3 is 10.2 Å². The molecule has 4 nitrogen and oxygen atoms in total. The minimum absolute atomic E-state index is 0.0802. The highest BCUT2D eigenvalue weighted by molar-refractivity contribution is 9.10. The van der Waals surface area contributed by atoms with Gasteiger partial charge >= 0.3 is 0 Å². The maximum atomic E-state index is 12.2. The SMILES string of the molecule is Cc1cc(N2CC(C)(C)NC(=O)C2CC#N)ccc1Br. The summed E-state index contributed by atoms with van der Waals surface area (Å²) in [6, 6.07) is 7.69. The zero-order valence-corrected chi connectivity index (χ0v) is 13.5. The average Bonchev–Trinajstić information content (AvgIpc) is 2.35. The molecule has 0 spiro atoms. The molecule has 1 aromatic rings. The number of carbonyl (C=O) groups is 1. The minimum atomic E-state index is -0.423. The third-order valence-electron chi connectivity index (χ3n) is 3.46. The van der Waals surface area contributed by atoms with E-state index in [1.807, 2.05) is 43.9 Å². The molecule has 1 aliphatic rings. The van der Waals surface area contributed by atoms with Gasteiger partial charge in [-0.05, 0) is 44.5 Å². The van der Waals surface area contributed by atoms with E-state index in [1.54, 1.807) is 0 Å². The zero-order valence-electron chi connectivity index (χ0n) is 11.9. The number of anilines is 1. The number of halogens is 1. The molecule has 2 rings (SSSR count). The number of hydrogen-bond donors (Lipinski definition) is 1. The molecule has 0 bridgehead atoms. The lowest BCUT2D eigenvalue weighted by Crippen LogP contribution is -2.65. The number of nitriles is 1. The van der Waals surface area contributed by atoms with Crippen LogP contribution in [0, 0.1) is 18.3 Å². The highest BCUT2D eigenvalue weighted by atomic mass is 79.9. The third kappa shape index (κ3) is 2.96. The molecule has 1 saturated heterocycles. The van der Waals surface area contributed by atoms with Crippen molar-refractivity contribution in [1.82, 2.24) is 5.32 Å². The highest BCUT2D eigenvalue weighted by Gasteiger charge is 2.38. The van der Waals surface area contributed by atoms with E-state index in [0.717, 1.165) is 15.7 Å². The van der Waals surface area contributed by atoms with Crippen molar-refractivity contribution < 1.29 is 4.79 Å². The van der Waals surface area contributed by atoms with Crippen LogP contribution < -0.4 is 10.2 Å². The molecule has 20 heavy (non-hydrogen) atoms. The number of aryl methyl sites for hydroxylation is 1. The Morgan fingerprint density at radius 1 is 1.55 bits per heavy atom. The molecule has 0 aliphatic carbocycles. The number of piperazine rings is 1. The van der Waals surface area contributed by atoms with Crippen LogP contribution in [-0.4, -0.2) is 24.0 Å². The predicted molar refractivity (Wildman–Crippen MR) is 82.5 cm³/mol. The highest BCUT2D eigenvalue weighted by Crippen LogP contribution is 2.28. The van der Waals surface area contributed by atoms with E-state index in [9.17, 15) is 4.79 Å². The Kier molecular flexibility index (Phi) is 4.05. The topological polar surface area (TPSA) is 56.1 Å². The molecule has 1 aromatic carbocycles. The van der Waals surface area contributed by atoms with Gasteiger partial charge in [0.2, 0.25) is 5.91 Å². The lowest BCUT2D eigenvalue weighted by Gasteiger charge is -2.44. The van der Waals surface area contributed by atoms with Crippen molar-refractivity contribution in [3.05, 3.63) is 28.2 Å². The minimum Gasteiger partial charge on any atom is -0.356 e. The van der Waals surface area contributed by atoms with Crippen molar-refractivity contribution in [1.29, 1.82) is 5.26 Å². The van der Waals surface area contributed by atoms with Gasteiger partial charge in [0.05, 0.1) is 18.0 Å². The van der Waals surface area contributed by atoms with E-state index in [-0.39, 0.29) is 17.9 Å². The lowest BCUT2D eigenvalue weighted by molar-refractivity contribution is -0.125. The Morgan fingerprint density at radius 3 is 2.85 bits per heavy atom. The third-order valence-corrected chi connectivity index (χ3v) is 4.35. The molecule has 1 aliphatic heterocycles. The van der Waals surface area contributed by atoms with E-state index in [1.165, 1.54) is 0 Å². The first-order chi connectivity index (χ1) is 9.34. The molecule has 1 atom stereocenters. The van der Waals surface area contributed by atoms with Crippen molar-refractivity contribution in [2.45, 2.75) is 38.8 Å². The number of benzene rings is 1. The second-order valence-electron chi connectivity index (χ2n) is 5.81. The molecule has 1 N–H and O–H groups in total. The van der Waals surface area contributed by atoms with Crippen LogP contribution in [0.3, 0.4) is 0 Å². The molecule has 1 fully saturated rings. The molecule has 1 unspecified atom stereocenters. The fourth-order valence-corrected chi connectivity index (χ4v) is 2.75. The molecule has 0 radical (unpaired) electrons. The number of carbonyl (C=O) groups excluding carboxylic acids is 1. The molecule has 1 heterocycles. The van der Waals surface area contributed by atoms with E-state index in [4.69, 9.17) is 5.26 Å². The van der Waals surface area contributed by atoms with Gasteiger partial charge in [-0.1, -0.05) is 15.9 Å². The average molecular weight is 336 g/mol. The van der Waals surface area contributed by atoms with Crippen LogP contribution in [0.15, 0.2) is 22.7 Å². The van der Waals surface area contributed by atoms with Gasteiger partial charge in [-0.15, -0.1) is 0 Å². The van der Waals surface area contributed by atoms with E-state index >= 15 is 0 Å². The number of amides is 1. The summed E-state index contributed by atoms with van der Waals surface area (Å²) >= 11 is 3.48. The molecule has 5 heteroatoms. The number of rotatable bonds is 2. The van der Waals surface area contributed by atoms with Gasteiger partial charge in [-0.25, -0.2) is 0 Å². The normalized spacial score (nSPS) is 21.2. The Labute approximate surface area is 127 Å². The quantitative estimate of drug-likeness (QED) is 0.904. The van der Waals surface area contributed by atoms with Crippen LogP contribution in [-0.2, 0) is 4.79 Å². The summed E-state index contributed by atoms with van der Waals surface area (Å²) in [4.78, 5) is 14.3. The second kappa shape index (κ2) is 5.45. The lowest BCUT2D eigenvalue weighted by atomic mass is 9.96. The van der Waals surface area contributed by atoms with E-state index < -0.39 is 6.04 Å². The van der Waals surface area contributed by atoms with Gasteiger partial charge in [-0.2, -0.15) is 5.26 Å². The van der Waals surface area contributed by atoms with Crippen LogP contribution in [0.4, 0.5) is 5.69 Å². The Bertz CT molecular complexity index is 577. The standard InChI is InChI=1S/C15H18BrN3O/c1-10-8-11(4-5-12(10)16)19-9-15(2,3)18-14(20)13(19)6-7-17/h4-5,8,13H,6,9H2,1-3H3,(H,18,20). The summed E-state index contributed by atoms with van der Waals surface area (Å²) in [6.45, 7) is 6.69. The number of nitrogens with one attached hydrogen (secondary N) is 1. The van der Waals surface area contributed by atoms with Gasteiger partial charge in [0.1, 0.15) is 6.04 Å². The van der Waals surface area contributed by atoms with Gasteiger partial charge in [-0.3, -0.25) is 4.79 Å². The summed E-state index contributed by atoms with van der Waals surface area (Å²) in [5.74, 6) is -0.0802. The fraction of sp³-hybridized carbons (Fsp3) is 0.467. The molecular formula is C15H18BrN3O. The Morgan fingerprint density at radius 2 is 2.25 bits per heavy atom. The summed E-state index contributed by atoms with van der Waals surface area (Å²) in [5, 5.41) is 11.9. The first-order valence-electron chi connectivity index (χ1n) is 6.56. The van der Waals surface area contributed by atoms with Crippen LogP contribution >= 0.6 is 15.9 Å². The summed E-state index contributed by atoms with van der Waals surface area (Å²) in [7, 11) is 0. The van der Waals surface area contributed by atoms with Crippen LogP contribution in [0.25, 0.3) is 0 Å². The second-order valence-corrected chi connectivity index (χ2v) is 6.67. The monoisotopic (exact) mass is 335 g/mol.